The summed E-state index contributed by atoms with van der Waals surface area (Å²) in [6.45, 7) is 8.40. The van der Waals surface area contributed by atoms with Crippen molar-refractivity contribution >= 4 is 15.6 Å². The van der Waals surface area contributed by atoms with Gasteiger partial charge in [0, 0.05) is 13.1 Å². The molecule has 0 atom stereocenters. The standard InChI is InChI=1S/C21H24FNO2S/c1-14-13-15(2)17(4)21(16(14)3)26(24,25)23-11-9-19(10-12-23)18-5-7-20(22)8-6-18/h5-9,13H,10-12H2,1-4H3. The van der Waals surface area contributed by atoms with Gasteiger partial charge in [-0.05, 0) is 79.6 Å². The fourth-order valence-corrected chi connectivity index (χ4v) is 5.45. The summed E-state index contributed by atoms with van der Waals surface area (Å²) in [6, 6.07) is 8.38. The van der Waals surface area contributed by atoms with Gasteiger partial charge in [0.1, 0.15) is 5.82 Å². The van der Waals surface area contributed by atoms with Gasteiger partial charge < -0.3 is 0 Å². The lowest BCUT2D eigenvalue weighted by molar-refractivity contribution is 0.440. The summed E-state index contributed by atoms with van der Waals surface area (Å²) in [5, 5.41) is 0. The van der Waals surface area contributed by atoms with E-state index in [1.165, 1.54) is 16.4 Å². The topological polar surface area (TPSA) is 37.4 Å². The Hall–Kier alpha value is -1.98. The van der Waals surface area contributed by atoms with Gasteiger partial charge in [-0.1, -0.05) is 24.3 Å². The molecule has 138 valence electrons. The molecule has 2 aromatic rings. The number of sulfonamides is 1. The highest BCUT2D eigenvalue weighted by molar-refractivity contribution is 7.89. The van der Waals surface area contributed by atoms with Gasteiger partial charge in [0.2, 0.25) is 10.0 Å². The molecule has 3 nitrogen and oxygen atoms in total. The van der Waals surface area contributed by atoms with E-state index in [4.69, 9.17) is 0 Å². The summed E-state index contributed by atoms with van der Waals surface area (Å²) >= 11 is 0. The quantitative estimate of drug-likeness (QED) is 0.792. The molecule has 0 saturated carbocycles. The molecule has 5 heteroatoms. The van der Waals surface area contributed by atoms with Crippen molar-refractivity contribution in [2.24, 2.45) is 0 Å². The Morgan fingerprint density at radius 3 is 2.04 bits per heavy atom. The first kappa shape index (κ1) is 18.8. The molecular weight excluding hydrogens is 349 g/mol. The van der Waals surface area contributed by atoms with Crippen molar-refractivity contribution in [1.82, 2.24) is 4.31 Å². The summed E-state index contributed by atoms with van der Waals surface area (Å²) < 4.78 is 41.2. The Morgan fingerprint density at radius 1 is 0.962 bits per heavy atom. The van der Waals surface area contributed by atoms with Crippen molar-refractivity contribution in [3.8, 4) is 0 Å². The van der Waals surface area contributed by atoms with Gasteiger partial charge in [-0.3, -0.25) is 0 Å². The molecule has 0 aromatic heterocycles. The van der Waals surface area contributed by atoms with Crippen LogP contribution < -0.4 is 0 Å². The van der Waals surface area contributed by atoms with Crippen LogP contribution in [0.1, 0.15) is 34.2 Å². The second-order valence-electron chi connectivity index (χ2n) is 6.94. The first-order chi connectivity index (χ1) is 12.2. The monoisotopic (exact) mass is 373 g/mol. The number of halogens is 1. The molecule has 0 unspecified atom stereocenters. The van der Waals surface area contributed by atoms with E-state index in [1.54, 1.807) is 12.1 Å². The van der Waals surface area contributed by atoms with Crippen LogP contribution in [0.25, 0.3) is 5.57 Å². The zero-order valence-corrected chi connectivity index (χ0v) is 16.5. The normalized spacial score (nSPS) is 15.8. The third kappa shape index (κ3) is 3.33. The summed E-state index contributed by atoms with van der Waals surface area (Å²) in [5.74, 6) is -0.268. The minimum absolute atomic E-state index is 0.268. The van der Waals surface area contributed by atoms with E-state index in [0.29, 0.717) is 24.4 Å². The summed E-state index contributed by atoms with van der Waals surface area (Å²) in [7, 11) is -3.55. The van der Waals surface area contributed by atoms with E-state index in [2.05, 4.69) is 0 Å². The molecule has 0 aliphatic carbocycles. The molecule has 2 aromatic carbocycles. The van der Waals surface area contributed by atoms with E-state index >= 15 is 0 Å². The number of hydrogen-bond donors (Lipinski definition) is 0. The molecular formula is C21H24FNO2S. The molecule has 1 heterocycles. The maximum absolute atomic E-state index is 13.3. The molecule has 0 fully saturated rings. The fourth-order valence-electron chi connectivity index (χ4n) is 3.49. The predicted molar refractivity (Wildman–Crippen MR) is 103 cm³/mol. The van der Waals surface area contributed by atoms with E-state index in [0.717, 1.165) is 33.4 Å². The Labute approximate surface area is 155 Å². The third-order valence-corrected chi connectivity index (χ3v) is 7.42. The number of hydrogen-bond acceptors (Lipinski definition) is 2. The Morgan fingerprint density at radius 2 is 1.54 bits per heavy atom. The average molecular weight is 373 g/mol. The molecule has 0 spiro atoms. The average Bonchev–Trinajstić information content (AvgIpc) is 2.61. The van der Waals surface area contributed by atoms with E-state index in [1.807, 2.05) is 39.8 Å². The highest BCUT2D eigenvalue weighted by atomic mass is 32.2. The minimum Gasteiger partial charge on any atom is -0.207 e. The maximum atomic E-state index is 13.3. The minimum atomic E-state index is -3.55. The molecule has 0 N–H and O–H groups in total. The fraction of sp³-hybridized carbons (Fsp3) is 0.333. The van der Waals surface area contributed by atoms with Crippen molar-refractivity contribution in [2.75, 3.05) is 13.1 Å². The number of nitrogens with zero attached hydrogens (tertiary/aromatic N) is 1. The summed E-state index contributed by atoms with van der Waals surface area (Å²) in [5.41, 5.74) is 5.63. The second kappa shape index (κ2) is 6.97. The van der Waals surface area contributed by atoms with Crippen LogP contribution in [0.15, 0.2) is 41.3 Å². The Kier molecular flexibility index (Phi) is 5.04. The highest BCUT2D eigenvalue weighted by Crippen LogP contribution is 2.31. The number of rotatable bonds is 3. The van der Waals surface area contributed by atoms with Gasteiger partial charge >= 0.3 is 0 Å². The lowest BCUT2D eigenvalue weighted by Crippen LogP contribution is -2.35. The van der Waals surface area contributed by atoms with Crippen molar-refractivity contribution in [3.05, 3.63) is 70.0 Å². The van der Waals surface area contributed by atoms with Crippen LogP contribution in [-0.2, 0) is 10.0 Å². The van der Waals surface area contributed by atoms with Crippen LogP contribution in [0, 0.1) is 33.5 Å². The van der Waals surface area contributed by atoms with Crippen LogP contribution in [0.3, 0.4) is 0 Å². The van der Waals surface area contributed by atoms with Gasteiger partial charge in [-0.25, -0.2) is 12.8 Å². The molecule has 1 aliphatic rings. The first-order valence-electron chi connectivity index (χ1n) is 8.74. The van der Waals surface area contributed by atoms with Crippen molar-refractivity contribution in [2.45, 2.75) is 39.0 Å². The molecule has 0 amide bonds. The summed E-state index contributed by atoms with van der Waals surface area (Å²) in [4.78, 5) is 0.439. The first-order valence-corrected chi connectivity index (χ1v) is 10.2. The Bertz CT molecular complexity index is 950. The van der Waals surface area contributed by atoms with Crippen LogP contribution >= 0.6 is 0 Å². The van der Waals surface area contributed by atoms with Gasteiger partial charge in [0.05, 0.1) is 4.90 Å². The van der Waals surface area contributed by atoms with E-state index < -0.39 is 10.0 Å². The highest BCUT2D eigenvalue weighted by Gasteiger charge is 2.30. The second-order valence-corrected chi connectivity index (χ2v) is 8.81. The zero-order chi connectivity index (χ0) is 19.1. The molecule has 1 aliphatic heterocycles. The molecule has 0 bridgehead atoms. The van der Waals surface area contributed by atoms with E-state index in [-0.39, 0.29) is 5.82 Å². The van der Waals surface area contributed by atoms with E-state index in [9.17, 15) is 12.8 Å². The number of benzene rings is 2. The smallest absolute Gasteiger partial charge is 0.207 e. The molecule has 0 saturated heterocycles. The van der Waals surface area contributed by atoms with Gasteiger partial charge in [-0.2, -0.15) is 4.31 Å². The third-order valence-electron chi connectivity index (χ3n) is 5.28. The largest absolute Gasteiger partial charge is 0.243 e. The molecule has 26 heavy (non-hydrogen) atoms. The van der Waals surface area contributed by atoms with Gasteiger partial charge in [-0.15, -0.1) is 0 Å². The van der Waals surface area contributed by atoms with Gasteiger partial charge in [0.15, 0.2) is 0 Å². The van der Waals surface area contributed by atoms with Crippen LogP contribution in [0.4, 0.5) is 4.39 Å². The van der Waals surface area contributed by atoms with Crippen molar-refractivity contribution in [3.63, 3.8) is 0 Å². The maximum Gasteiger partial charge on any atom is 0.243 e. The molecule has 0 radical (unpaired) electrons. The predicted octanol–water partition coefficient (Wildman–Crippen LogP) is 4.54. The summed E-state index contributed by atoms with van der Waals surface area (Å²) in [6.07, 6.45) is 2.55. The Balaban J connectivity index is 1.93. The van der Waals surface area contributed by atoms with Crippen LogP contribution in [0.2, 0.25) is 0 Å². The van der Waals surface area contributed by atoms with Crippen LogP contribution in [-0.4, -0.2) is 25.8 Å². The van der Waals surface area contributed by atoms with Gasteiger partial charge in [0.25, 0.3) is 0 Å². The lowest BCUT2D eigenvalue weighted by atomic mass is 10.0. The van der Waals surface area contributed by atoms with Crippen molar-refractivity contribution < 1.29 is 12.8 Å². The lowest BCUT2D eigenvalue weighted by Gasteiger charge is -2.28. The molecule has 3 rings (SSSR count). The zero-order valence-electron chi connectivity index (χ0n) is 15.6. The van der Waals surface area contributed by atoms with Crippen LogP contribution in [0.5, 0.6) is 0 Å². The van der Waals surface area contributed by atoms with Crippen molar-refractivity contribution in [1.29, 1.82) is 0 Å². The number of aryl methyl sites for hydroxylation is 2. The SMILES string of the molecule is Cc1cc(C)c(C)c(S(=O)(=O)N2CC=C(c3ccc(F)cc3)CC2)c1C.